The number of halogens is 6. The summed E-state index contributed by atoms with van der Waals surface area (Å²) in [5.41, 5.74) is -0.462. The highest BCUT2D eigenvalue weighted by atomic mass is 19.4. The summed E-state index contributed by atoms with van der Waals surface area (Å²) in [5.74, 6) is -1.87. The number of rotatable bonds is 6. The minimum Gasteiger partial charge on any atom is -0.484 e. The van der Waals surface area contributed by atoms with Crippen LogP contribution in [0.3, 0.4) is 0 Å². The Morgan fingerprint density at radius 3 is 2.09 bits per heavy atom. The van der Waals surface area contributed by atoms with E-state index in [-0.39, 0.29) is 12.4 Å². The highest BCUT2D eigenvalue weighted by Gasteiger charge is 2.30. The van der Waals surface area contributed by atoms with Crippen LogP contribution in [0.4, 0.5) is 26.3 Å². The Kier molecular flexibility index (Phi) is 6.11. The maximum Gasteiger partial charge on any atom is 0.422 e. The van der Waals surface area contributed by atoms with E-state index in [0.29, 0.717) is 0 Å². The van der Waals surface area contributed by atoms with Gasteiger partial charge in [-0.2, -0.15) is 26.3 Å². The normalized spacial score (nSPS) is 12.0. The molecule has 0 spiro atoms. The average Bonchev–Trinajstić information content (AvgIpc) is 2.42. The summed E-state index contributed by atoms with van der Waals surface area (Å²) >= 11 is 0. The van der Waals surface area contributed by atoms with Crippen molar-refractivity contribution in [2.24, 2.45) is 0 Å². The van der Waals surface area contributed by atoms with Gasteiger partial charge in [0.1, 0.15) is 17.1 Å². The summed E-state index contributed by atoms with van der Waals surface area (Å²) in [5, 5.41) is 0. The minimum atomic E-state index is -4.64. The van der Waals surface area contributed by atoms with Gasteiger partial charge in [0.25, 0.3) is 0 Å². The van der Waals surface area contributed by atoms with Gasteiger partial charge in [0, 0.05) is 0 Å². The molecule has 0 saturated heterocycles. The van der Waals surface area contributed by atoms with Crippen LogP contribution in [0.5, 0.6) is 11.5 Å². The van der Waals surface area contributed by atoms with E-state index in [0.717, 1.165) is 18.2 Å². The molecule has 0 bridgehead atoms. The molecule has 4 nitrogen and oxygen atoms in total. The van der Waals surface area contributed by atoms with Gasteiger partial charge in [-0.05, 0) is 25.1 Å². The van der Waals surface area contributed by atoms with Gasteiger partial charge in [-0.15, -0.1) is 0 Å². The van der Waals surface area contributed by atoms with Crippen LogP contribution in [-0.2, 0) is 4.74 Å². The van der Waals surface area contributed by atoms with Crippen molar-refractivity contribution in [2.45, 2.75) is 19.3 Å². The van der Waals surface area contributed by atoms with Gasteiger partial charge >= 0.3 is 18.3 Å². The molecule has 23 heavy (non-hydrogen) atoms. The first-order valence-corrected chi connectivity index (χ1v) is 6.22. The molecule has 0 heterocycles. The zero-order valence-corrected chi connectivity index (χ0v) is 11.8. The Balaban J connectivity index is 2.98. The standard InChI is InChI=1S/C13H12F6O4/c1-2-21-11(20)9-5-8(22-6-12(14,15)16)3-4-10(9)23-7-13(17,18)19/h3-5H,2,6-7H2,1H3. The highest BCUT2D eigenvalue weighted by Crippen LogP contribution is 2.28. The number of carbonyl (C=O) groups excluding carboxylic acids is 1. The molecular formula is C13H12F6O4. The smallest absolute Gasteiger partial charge is 0.422 e. The first kappa shape index (κ1) is 18.9. The third-order valence-electron chi connectivity index (χ3n) is 2.24. The number of carbonyl (C=O) groups is 1. The lowest BCUT2D eigenvalue weighted by atomic mass is 10.2. The van der Waals surface area contributed by atoms with Crippen LogP contribution in [0, 0.1) is 0 Å². The summed E-state index contributed by atoms with van der Waals surface area (Å²) < 4.78 is 86.3. The summed E-state index contributed by atoms with van der Waals surface area (Å²) in [6, 6.07) is 2.69. The lowest BCUT2D eigenvalue weighted by molar-refractivity contribution is -0.154. The van der Waals surface area contributed by atoms with Crippen LogP contribution in [0.2, 0.25) is 0 Å². The molecule has 10 heteroatoms. The molecule has 0 N–H and O–H groups in total. The molecule has 1 aromatic rings. The van der Waals surface area contributed by atoms with Crippen molar-refractivity contribution in [1.29, 1.82) is 0 Å². The number of alkyl halides is 6. The number of benzene rings is 1. The van der Waals surface area contributed by atoms with Crippen LogP contribution in [-0.4, -0.2) is 38.1 Å². The summed E-state index contributed by atoms with van der Waals surface area (Å²) in [6.45, 7) is -1.90. The molecule has 0 atom stereocenters. The second-order valence-corrected chi connectivity index (χ2v) is 4.19. The number of hydrogen-bond acceptors (Lipinski definition) is 4. The van der Waals surface area contributed by atoms with Crippen molar-refractivity contribution < 1.29 is 45.3 Å². The Morgan fingerprint density at radius 2 is 1.57 bits per heavy atom. The molecule has 0 saturated carbocycles. The Bertz CT molecular complexity index is 538. The molecule has 130 valence electrons. The van der Waals surface area contributed by atoms with E-state index in [9.17, 15) is 31.1 Å². The summed E-state index contributed by atoms with van der Waals surface area (Å²) in [6.07, 6.45) is -9.24. The van der Waals surface area contributed by atoms with Crippen LogP contribution < -0.4 is 9.47 Å². The van der Waals surface area contributed by atoms with Crippen LogP contribution in [0.25, 0.3) is 0 Å². The van der Waals surface area contributed by atoms with Crippen molar-refractivity contribution in [3.05, 3.63) is 23.8 Å². The zero-order chi connectivity index (χ0) is 17.7. The molecule has 0 radical (unpaired) electrons. The highest BCUT2D eigenvalue weighted by molar-refractivity contribution is 5.93. The largest absolute Gasteiger partial charge is 0.484 e. The fraction of sp³-hybridized carbons (Fsp3) is 0.462. The molecule has 0 amide bonds. The van der Waals surface area contributed by atoms with Gasteiger partial charge in [-0.1, -0.05) is 0 Å². The third-order valence-corrected chi connectivity index (χ3v) is 2.24. The van der Waals surface area contributed by atoms with E-state index >= 15 is 0 Å². The molecule has 0 aliphatic heterocycles. The van der Waals surface area contributed by atoms with Crippen molar-refractivity contribution in [2.75, 3.05) is 19.8 Å². The van der Waals surface area contributed by atoms with Crippen molar-refractivity contribution in [3.63, 3.8) is 0 Å². The number of ether oxygens (including phenoxy) is 3. The molecule has 1 rings (SSSR count). The van der Waals surface area contributed by atoms with Gasteiger partial charge in [-0.25, -0.2) is 4.79 Å². The predicted octanol–water partition coefficient (Wildman–Crippen LogP) is 3.75. The van der Waals surface area contributed by atoms with Gasteiger partial charge < -0.3 is 14.2 Å². The molecule has 0 unspecified atom stereocenters. The van der Waals surface area contributed by atoms with E-state index in [1.165, 1.54) is 6.92 Å². The van der Waals surface area contributed by atoms with Gasteiger partial charge in [0.05, 0.1) is 6.61 Å². The molecule has 1 aromatic carbocycles. The minimum absolute atomic E-state index is 0.0782. The predicted molar refractivity (Wildman–Crippen MR) is 65.5 cm³/mol. The maximum atomic E-state index is 12.2. The van der Waals surface area contributed by atoms with E-state index < -0.39 is 42.8 Å². The lowest BCUT2D eigenvalue weighted by Crippen LogP contribution is -2.21. The number of hydrogen-bond donors (Lipinski definition) is 0. The lowest BCUT2D eigenvalue weighted by Gasteiger charge is -2.14. The van der Waals surface area contributed by atoms with Gasteiger partial charge in [0.2, 0.25) is 0 Å². The molecule has 0 aromatic heterocycles. The maximum absolute atomic E-state index is 12.2. The summed E-state index contributed by atoms with van der Waals surface area (Å²) in [4.78, 5) is 11.7. The van der Waals surface area contributed by atoms with Crippen molar-refractivity contribution in [1.82, 2.24) is 0 Å². The van der Waals surface area contributed by atoms with E-state index in [1.54, 1.807) is 0 Å². The van der Waals surface area contributed by atoms with Gasteiger partial charge in [0.15, 0.2) is 13.2 Å². The van der Waals surface area contributed by atoms with Gasteiger partial charge in [-0.3, -0.25) is 0 Å². The summed E-state index contributed by atoms with van der Waals surface area (Å²) in [7, 11) is 0. The van der Waals surface area contributed by atoms with E-state index in [1.807, 2.05) is 0 Å². The average molecular weight is 346 g/mol. The van der Waals surface area contributed by atoms with Crippen molar-refractivity contribution >= 4 is 5.97 Å². The van der Waals surface area contributed by atoms with Crippen LogP contribution in [0.15, 0.2) is 18.2 Å². The Morgan fingerprint density at radius 1 is 1.00 bits per heavy atom. The zero-order valence-electron chi connectivity index (χ0n) is 11.8. The molecule has 0 aliphatic carbocycles. The van der Waals surface area contributed by atoms with Crippen LogP contribution in [0.1, 0.15) is 17.3 Å². The second kappa shape index (κ2) is 7.42. The first-order valence-electron chi connectivity index (χ1n) is 6.22. The fourth-order valence-corrected chi connectivity index (χ4v) is 1.42. The van der Waals surface area contributed by atoms with E-state index in [4.69, 9.17) is 0 Å². The molecular weight excluding hydrogens is 334 g/mol. The SMILES string of the molecule is CCOC(=O)c1cc(OCC(F)(F)F)ccc1OCC(F)(F)F. The number of esters is 1. The second-order valence-electron chi connectivity index (χ2n) is 4.19. The third kappa shape index (κ3) is 7.11. The Labute approximate surface area is 126 Å². The monoisotopic (exact) mass is 346 g/mol. The van der Waals surface area contributed by atoms with Crippen LogP contribution >= 0.6 is 0 Å². The first-order chi connectivity index (χ1) is 10.5. The fourth-order valence-electron chi connectivity index (χ4n) is 1.42. The van der Waals surface area contributed by atoms with Crippen molar-refractivity contribution in [3.8, 4) is 11.5 Å². The van der Waals surface area contributed by atoms with E-state index in [2.05, 4.69) is 14.2 Å². The molecule has 0 aliphatic rings. The quantitative estimate of drug-likeness (QED) is 0.581. The Hall–Kier alpha value is -2.13. The molecule has 0 fully saturated rings. The topological polar surface area (TPSA) is 44.8 Å².